The summed E-state index contributed by atoms with van der Waals surface area (Å²) in [5.41, 5.74) is 6.94. The molecule has 4 nitrogen and oxygen atoms in total. The molecule has 18 heavy (non-hydrogen) atoms. The minimum atomic E-state index is -0.283. The Hall–Kier alpha value is -1.55. The number of piperidine rings is 1. The first-order chi connectivity index (χ1) is 8.58. The molecule has 0 saturated carbocycles. The summed E-state index contributed by atoms with van der Waals surface area (Å²) in [5.74, 6) is 0.348. The molecule has 1 saturated heterocycles. The summed E-state index contributed by atoms with van der Waals surface area (Å²) in [7, 11) is 0. The van der Waals surface area contributed by atoms with Gasteiger partial charge in [-0.2, -0.15) is 0 Å². The van der Waals surface area contributed by atoms with Crippen LogP contribution in [0.4, 0.5) is 5.69 Å². The van der Waals surface area contributed by atoms with E-state index >= 15 is 0 Å². The molecule has 0 spiro atoms. The summed E-state index contributed by atoms with van der Waals surface area (Å²) in [6.45, 7) is 3.24. The fourth-order valence-corrected chi connectivity index (χ4v) is 2.44. The van der Waals surface area contributed by atoms with Crippen LogP contribution in [0.1, 0.15) is 30.1 Å². The Morgan fingerprint density at radius 2 is 2.11 bits per heavy atom. The van der Waals surface area contributed by atoms with Crippen LogP contribution in [-0.4, -0.2) is 35.1 Å². The van der Waals surface area contributed by atoms with Crippen molar-refractivity contribution in [1.29, 1.82) is 0 Å². The largest absolute Gasteiger partial charge is 0.399 e. The lowest BCUT2D eigenvalue weighted by Crippen LogP contribution is -2.40. The third kappa shape index (κ3) is 2.82. The number of aliphatic hydroxyl groups is 1. The lowest BCUT2D eigenvalue weighted by molar-refractivity contribution is 0.0521. The average molecular weight is 248 g/mol. The van der Waals surface area contributed by atoms with Crippen LogP contribution in [0.3, 0.4) is 0 Å². The number of nitrogens with two attached hydrogens (primary N) is 1. The Morgan fingerprint density at radius 1 is 1.44 bits per heavy atom. The van der Waals surface area contributed by atoms with Crippen LogP contribution in [0, 0.1) is 5.92 Å². The monoisotopic (exact) mass is 248 g/mol. The van der Waals surface area contributed by atoms with Gasteiger partial charge in [0.2, 0.25) is 0 Å². The molecule has 1 aliphatic rings. The van der Waals surface area contributed by atoms with E-state index in [2.05, 4.69) is 0 Å². The Kier molecular flexibility index (Phi) is 3.87. The highest BCUT2D eigenvalue weighted by Gasteiger charge is 2.25. The Labute approximate surface area is 107 Å². The molecule has 1 heterocycles. The van der Waals surface area contributed by atoms with Gasteiger partial charge in [0.25, 0.3) is 5.91 Å². The van der Waals surface area contributed by atoms with Gasteiger partial charge < -0.3 is 15.7 Å². The number of aliphatic hydroxyl groups excluding tert-OH is 1. The standard InChI is InChI=1S/C14H20N2O2/c1-10(17)11-5-7-16(8-6-11)14(18)12-3-2-4-13(15)9-12/h2-4,9-11,17H,5-8,15H2,1H3. The first-order valence-corrected chi connectivity index (χ1v) is 6.41. The summed E-state index contributed by atoms with van der Waals surface area (Å²) in [6.07, 6.45) is 1.45. The second kappa shape index (κ2) is 5.40. The SMILES string of the molecule is CC(O)C1CCN(C(=O)c2cccc(N)c2)CC1. The minimum absolute atomic E-state index is 0.0337. The van der Waals surface area contributed by atoms with Crippen molar-refractivity contribution in [3.05, 3.63) is 29.8 Å². The summed E-state index contributed by atoms with van der Waals surface area (Å²) in [5, 5.41) is 9.54. The lowest BCUT2D eigenvalue weighted by atomic mass is 9.92. The van der Waals surface area contributed by atoms with Crippen molar-refractivity contribution < 1.29 is 9.90 Å². The number of nitrogen functional groups attached to an aromatic ring is 1. The maximum atomic E-state index is 12.2. The van der Waals surface area contributed by atoms with Crippen LogP contribution in [0.25, 0.3) is 0 Å². The molecular weight excluding hydrogens is 228 g/mol. The molecule has 0 aromatic heterocycles. The molecule has 1 unspecified atom stereocenters. The first-order valence-electron chi connectivity index (χ1n) is 6.41. The highest BCUT2D eigenvalue weighted by atomic mass is 16.3. The second-order valence-electron chi connectivity index (χ2n) is 5.00. The van der Waals surface area contributed by atoms with Crippen molar-refractivity contribution in [2.24, 2.45) is 5.92 Å². The predicted molar refractivity (Wildman–Crippen MR) is 71.2 cm³/mol. The molecule has 2 rings (SSSR count). The van der Waals surface area contributed by atoms with Crippen LogP contribution < -0.4 is 5.73 Å². The highest BCUT2D eigenvalue weighted by molar-refractivity contribution is 5.95. The summed E-state index contributed by atoms with van der Waals surface area (Å²) in [4.78, 5) is 14.1. The van der Waals surface area contributed by atoms with Crippen molar-refractivity contribution in [2.45, 2.75) is 25.9 Å². The van der Waals surface area contributed by atoms with Gasteiger partial charge in [-0.25, -0.2) is 0 Å². The van der Waals surface area contributed by atoms with Gasteiger partial charge in [-0.15, -0.1) is 0 Å². The van der Waals surface area contributed by atoms with Crippen molar-refractivity contribution in [3.63, 3.8) is 0 Å². The fraction of sp³-hybridized carbons (Fsp3) is 0.500. The number of carbonyl (C=O) groups excluding carboxylic acids is 1. The molecule has 4 heteroatoms. The topological polar surface area (TPSA) is 66.6 Å². The van der Waals surface area contributed by atoms with Gasteiger partial charge in [-0.1, -0.05) is 6.07 Å². The molecule has 0 radical (unpaired) electrons. The van der Waals surface area contributed by atoms with Crippen molar-refractivity contribution >= 4 is 11.6 Å². The maximum Gasteiger partial charge on any atom is 0.253 e. The second-order valence-corrected chi connectivity index (χ2v) is 5.00. The van der Waals surface area contributed by atoms with Gasteiger partial charge in [-0.3, -0.25) is 4.79 Å². The van der Waals surface area contributed by atoms with Crippen molar-refractivity contribution in [2.75, 3.05) is 18.8 Å². The van der Waals surface area contributed by atoms with Crippen LogP contribution in [0.2, 0.25) is 0 Å². The van der Waals surface area contributed by atoms with E-state index in [1.54, 1.807) is 24.3 Å². The normalized spacial score (nSPS) is 18.7. The molecule has 3 N–H and O–H groups in total. The first kappa shape index (κ1) is 12.9. The Morgan fingerprint density at radius 3 is 2.67 bits per heavy atom. The van der Waals surface area contributed by atoms with E-state index in [1.807, 2.05) is 11.8 Å². The van der Waals surface area contributed by atoms with E-state index in [0.717, 1.165) is 12.8 Å². The fourth-order valence-electron chi connectivity index (χ4n) is 2.44. The summed E-state index contributed by atoms with van der Waals surface area (Å²) >= 11 is 0. The number of rotatable bonds is 2. The molecular formula is C14H20N2O2. The van der Waals surface area contributed by atoms with Crippen LogP contribution in [-0.2, 0) is 0 Å². The van der Waals surface area contributed by atoms with Gasteiger partial charge in [0.1, 0.15) is 0 Å². The molecule has 1 aromatic rings. The number of hydrogen-bond acceptors (Lipinski definition) is 3. The van der Waals surface area contributed by atoms with Gasteiger partial charge in [-0.05, 0) is 43.9 Å². The third-order valence-electron chi connectivity index (χ3n) is 3.64. The zero-order valence-electron chi connectivity index (χ0n) is 10.7. The number of nitrogens with zero attached hydrogens (tertiary/aromatic N) is 1. The molecule has 1 atom stereocenters. The highest BCUT2D eigenvalue weighted by Crippen LogP contribution is 2.22. The Bertz CT molecular complexity index is 424. The summed E-state index contributed by atoms with van der Waals surface area (Å²) in [6, 6.07) is 7.07. The molecule has 1 amide bonds. The molecule has 0 aliphatic carbocycles. The average Bonchev–Trinajstić information content (AvgIpc) is 2.38. The number of anilines is 1. The number of amides is 1. The maximum absolute atomic E-state index is 12.2. The van der Waals surface area contributed by atoms with Crippen LogP contribution >= 0.6 is 0 Å². The van der Waals surface area contributed by atoms with Crippen molar-refractivity contribution in [1.82, 2.24) is 4.90 Å². The van der Waals surface area contributed by atoms with E-state index in [9.17, 15) is 9.90 Å². The third-order valence-corrected chi connectivity index (χ3v) is 3.64. The van der Waals surface area contributed by atoms with Gasteiger partial charge >= 0.3 is 0 Å². The number of likely N-dealkylation sites (tertiary alicyclic amines) is 1. The minimum Gasteiger partial charge on any atom is -0.399 e. The van der Waals surface area contributed by atoms with Crippen LogP contribution in [0.5, 0.6) is 0 Å². The lowest BCUT2D eigenvalue weighted by Gasteiger charge is -2.33. The van der Waals surface area contributed by atoms with Gasteiger partial charge in [0.15, 0.2) is 0 Å². The Balaban J connectivity index is 1.99. The van der Waals surface area contributed by atoms with E-state index in [0.29, 0.717) is 30.3 Å². The smallest absolute Gasteiger partial charge is 0.253 e. The van der Waals surface area contributed by atoms with Crippen LogP contribution in [0.15, 0.2) is 24.3 Å². The molecule has 1 aliphatic heterocycles. The van der Waals surface area contributed by atoms with E-state index in [-0.39, 0.29) is 12.0 Å². The summed E-state index contributed by atoms with van der Waals surface area (Å²) < 4.78 is 0. The molecule has 1 fully saturated rings. The number of benzene rings is 1. The predicted octanol–water partition coefficient (Wildman–Crippen LogP) is 1.50. The number of carbonyl (C=O) groups is 1. The van der Waals surface area contributed by atoms with Gasteiger partial charge in [0.05, 0.1) is 6.10 Å². The van der Waals surface area contributed by atoms with E-state index in [4.69, 9.17) is 5.73 Å². The van der Waals surface area contributed by atoms with E-state index in [1.165, 1.54) is 0 Å². The quantitative estimate of drug-likeness (QED) is 0.779. The molecule has 1 aromatic carbocycles. The molecule has 0 bridgehead atoms. The zero-order valence-corrected chi connectivity index (χ0v) is 10.7. The number of hydrogen-bond donors (Lipinski definition) is 2. The zero-order chi connectivity index (χ0) is 13.1. The van der Waals surface area contributed by atoms with Crippen molar-refractivity contribution in [3.8, 4) is 0 Å². The van der Waals surface area contributed by atoms with Gasteiger partial charge in [0, 0.05) is 24.3 Å². The van der Waals surface area contributed by atoms with E-state index < -0.39 is 0 Å². The molecule has 98 valence electrons.